The summed E-state index contributed by atoms with van der Waals surface area (Å²) in [5.74, 6) is -2.83. The van der Waals surface area contributed by atoms with Crippen LogP contribution in [0.5, 0.6) is 11.5 Å². The second-order valence-electron chi connectivity index (χ2n) is 6.52. The Labute approximate surface area is 172 Å². The molecule has 2 N–H and O–H groups in total. The Hall–Kier alpha value is -2.79. The van der Waals surface area contributed by atoms with Gasteiger partial charge in [0.05, 0.1) is 25.2 Å². The number of fused-ring (bicyclic) bond motifs is 2. The molecular weight excluding hydrogens is 420 g/mol. The van der Waals surface area contributed by atoms with Gasteiger partial charge in [-0.25, -0.2) is 0 Å². The first-order valence-corrected chi connectivity index (χ1v) is 10.2. The van der Waals surface area contributed by atoms with Crippen LogP contribution in [0.25, 0.3) is 0 Å². The Balaban J connectivity index is 1.86. The van der Waals surface area contributed by atoms with Crippen molar-refractivity contribution in [3.05, 3.63) is 38.3 Å². The number of hydrogen-bond acceptors (Lipinski definition) is 8. The molecule has 0 spiro atoms. The maximum atomic E-state index is 13.1. The van der Waals surface area contributed by atoms with E-state index in [0.717, 1.165) is 28.0 Å². The van der Waals surface area contributed by atoms with E-state index in [1.807, 2.05) is 0 Å². The van der Waals surface area contributed by atoms with Crippen LogP contribution < -0.4 is 14.3 Å². The highest BCUT2D eigenvalue weighted by Crippen LogP contribution is 2.53. The minimum atomic E-state index is -1.26. The smallest absolute Gasteiger partial charge is 0.323 e. The van der Waals surface area contributed by atoms with Gasteiger partial charge in [0.15, 0.2) is 11.5 Å². The van der Waals surface area contributed by atoms with Crippen LogP contribution in [0, 0.1) is 5.92 Å². The van der Waals surface area contributed by atoms with E-state index >= 15 is 0 Å². The molecule has 2 aromatic rings. The number of methoxy groups -OCH3 is 2. The number of hydrogen-bond donors (Lipinski definition) is 2. The number of nitrogens with one attached hydrogen (secondary N) is 1. The molecule has 4 rings (SSSR count). The average molecular weight is 436 g/mol. The number of rotatable bonds is 5. The van der Waals surface area contributed by atoms with Crippen LogP contribution >= 0.6 is 23.1 Å². The molecule has 2 aliphatic heterocycles. The van der Waals surface area contributed by atoms with Gasteiger partial charge in [-0.15, -0.1) is 0 Å². The SMILES string of the molecule is COc1ccc([C@@H]2c3sc(=O)[nH]c3SC3C(=O)N(CC(=O)O)C(=O)C32)cc1OC. The molecule has 11 heteroatoms. The Morgan fingerprint density at radius 3 is 2.55 bits per heavy atom. The molecule has 1 fully saturated rings. The van der Waals surface area contributed by atoms with Crippen LogP contribution in [0.15, 0.2) is 28.0 Å². The summed E-state index contributed by atoms with van der Waals surface area (Å²) in [4.78, 5) is 52.9. The van der Waals surface area contributed by atoms with Crippen LogP contribution in [-0.2, 0) is 14.4 Å². The summed E-state index contributed by atoms with van der Waals surface area (Å²) < 4.78 is 10.6. The number of carbonyl (C=O) groups excluding carboxylic acids is 2. The first-order valence-electron chi connectivity index (χ1n) is 8.54. The quantitative estimate of drug-likeness (QED) is 0.668. The first-order chi connectivity index (χ1) is 13.8. The van der Waals surface area contributed by atoms with E-state index in [0.29, 0.717) is 27.0 Å². The predicted octanol–water partition coefficient (Wildman–Crippen LogP) is 1.13. The molecule has 29 heavy (non-hydrogen) atoms. The fourth-order valence-electron chi connectivity index (χ4n) is 3.77. The number of carboxylic acid groups (broad SMARTS) is 1. The second-order valence-corrected chi connectivity index (χ2v) is 8.69. The molecule has 3 heterocycles. The van der Waals surface area contributed by atoms with Gasteiger partial charge in [-0.3, -0.25) is 24.1 Å². The molecule has 0 aliphatic carbocycles. The van der Waals surface area contributed by atoms with Gasteiger partial charge in [-0.05, 0) is 17.7 Å². The van der Waals surface area contributed by atoms with Crippen LogP contribution in [0.2, 0.25) is 0 Å². The molecule has 0 radical (unpaired) electrons. The number of likely N-dealkylation sites (tertiary alicyclic amines) is 1. The van der Waals surface area contributed by atoms with Crippen molar-refractivity contribution in [1.29, 1.82) is 0 Å². The normalized spacial score (nSPS) is 23.0. The van der Waals surface area contributed by atoms with Crippen LogP contribution in [-0.4, -0.2) is 58.8 Å². The number of benzene rings is 1. The summed E-state index contributed by atoms with van der Waals surface area (Å²) in [5.41, 5.74) is 0.674. The van der Waals surface area contributed by atoms with E-state index in [4.69, 9.17) is 14.6 Å². The van der Waals surface area contributed by atoms with E-state index in [1.54, 1.807) is 18.2 Å². The number of imide groups is 1. The summed E-state index contributed by atoms with van der Waals surface area (Å²) in [5, 5.41) is 8.81. The van der Waals surface area contributed by atoms with Crippen LogP contribution in [0.1, 0.15) is 16.4 Å². The standard InChI is InChI=1S/C18H16N2O7S2/c1-26-8-4-3-7(5-9(8)27-2)11-12-14(28-15-13(11)29-18(25)19-15)17(24)20(16(12)23)6-10(21)22/h3-5,11-12,14H,6H2,1-2H3,(H,19,25)(H,21,22)/t11-,12?,14?/m0/s1. The number of carbonyl (C=O) groups is 3. The highest BCUT2D eigenvalue weighted by molar-refractivity contribution is 8.00. The molecule has 152 valence electrons. The number of ether oxygens (including phenoxy) is 2. The zero-order valence-corrected chi connectivity index (χ0v) is 17.0. The molecule has 2 unspecified atom stereocenters. The minimum absolute atomic E-state index is 0.282. The summed E-state index contributed by atoms with van der Waals surface area (Å²) in [6.45, 7) is -0.686. The van der Waals surface area contributed by atoms with E-state index < -0.39 is 41.4 Å². The van der Waals surface area contributed by atoms with Crippen molar-refractivity contribution < 1.29 is 29.0 Å². The van der Waals surface area contributed by atoms with Crippen molar-refractivity contribution in [2.45, 2.75) is 16.2 Å². The maximum Gasteiger partial charge on any atom is 0.323 e. The largest absolute Gasteiger partial charge is 0.493 e. The topological polar surface area (TPSA) is 126 Å². The third kappa shape index (κ3) is 3.10. The molecule has 0 saturated carbocycles. The molecule has 1 aromatic carbocycles. The Morgan fingerprint density at radius 2 is 1.90 bits per heavy atom. The van der Waals surface area contributed by atoms with E-state index in [-0.39, 0.29) is 4.87 Å². The third-order valence-electron chi connectivity index (χ3n) is 4.98. The lowest BCUT2D eigenvalue weighted by Gasteiger charge is -2.30. The fourth-order valence-corrected chi connectivity index (χ4v) is 6.31. The predicted molar refractivity (Wildman–Crippen MR) is 104 cm³/mol. The number of aromatic nitrogens is 1. The highest BCUT2D eigenvalue weighted by Gasteiger charge is 2.56. The molecule has 0 bridgehead atoms. The Kier molecular flexibility index (Phi) is 4.87. The number of H-pyrrole nitrogens is 1. The summed E-state index contributed by atoms with van der Waals surface area (Å²) in [7, 11) is 2.99. The Morgan fingerprint density at radius 1 is 1.17 bits per heavy atom. The number of amides is 2. The fraction of sp³-hybridized carbons (Fsp3) is 0.333. The third-order valence-corrected chi connectivity index (χ3v) is 7.38. The van der Waals surface area contributed by atoms with Gasteiger partial charge in [-0.1, -0.05) is 29.2 Å². The van der Waals surface area contributed by atoms with Crippen LogP contribution in [0.4, 0.5) is 0 Å². The molecule has 2 aliphatic rings. The van der Waals surface area contributed by atoms with Gasteiger partial charge >= 0.3 is 10.8 Å². The molecule has 2 amide bonds. The highest BCUT2D eigenvalue weighted by atomic mass is 32.2. The van der Waals surface area contributed by atoms with E-state index in [1.165, 1.54) is 14.2 Å². The number of aromatic amines is 1. The van der Waals surface area contributed by atoms with Gasteiger partial charge in [-0.2, -0.15) is 0 Å². The van der Waals surface area contributed by atoms with E-state index in [2.05, 4.69) is 4.98 Å². The van der Waals surface area contributed by atoms with Crippen molar-refractivity contribution >= 4 is 40.9 Å². The molecule has 1 saturated heterocycles. The van der Waals surface area contributed by atoms with Gasteiger partial charge in [0.2, 0.25) is 11.8 Å². The maximum absolute atomic E-state index is 13.1. The van der Waals surface area contributed by atoms with Crippen molar-refractivity contribution in [3.8, 4) is 11.5 Å². The van der Waals surface area contributed by atoms with Gasteiger partial charge < -0.3 is 19.6 Å². The second kappa shape index (κ2) is 7.23. The minimum Gasteiger partial charge on any atom is -0.493 e. The lowest BCUT2D eigenvalue weighted by molar-refractivity contribution is -0.149. The molecular formula is C18H16N2O7S2. The van der Waals surface area contributed by atoms with Gasteiger partial charge in [0.25, 0.3) is 0 Å². The zero-order chi connectivity index (χ0) is 20.9. The Bertz CT molecular complexity index is 1080. The number of carboxylic acids is 1. The number of aliphatic carboxylic acids is 1. The number of nitrogens with zero attached hydrogens (tertiary/aromatic N) is 1. The molecule has 9 nitrogen and oxygen atoms in total. The van der Waals surface area contributed by atoms with Crippen LogP contribution in [0.3, 0.4) is 0 Å². The molecule has 1 aromatic heterocycles. The molecule has 3 atom stereocenters. The summed E-state index contributed by atoms with van der Waals surface area (Å²) in [6.07, 6.45) is 0. The lowest BCUT2D eigenvalue weighted by Crippen LogP contribution is -2.36. The van der Waals surface area contributed by atoms with Crippen molar-refractivity contribution in [1.82, 2.24) is 9.88 Å². The lowest BCUT2D eigenvalue weighted by atomic mass is 9.83. The van der Waals surface area contributed by atoms with Crippen molar-refractivity contribution in [2.24, 2.45) is 5.92 Å². The average Bonchev–Trinajstić information content (AvgIpc) is 3.17. The zero-order valence-electron chi connectivity index (χ0n) is 15.3. The van der Waals surface area contributed by atoms with E-state index in [9.17, 15) is 19.2 Å². The number of thioether (sulfide) groups is 1. The van der Waals surface area contributed by atoms with Crippen molar-refractivity contribution in [3.63, 3.8) is 0 Å². The van der Waals surface area contributed by atoms with Gasteiger partial charge in [0, 0.05) is 10.8 Å². The monoisotopic (exact) mass is 436 g/mol. The summed E-state index contributed by atoms with van der Waals surface area (Å²) in [6, 6.07) is 5.16. The van der Waals surface area contributed by atoms with Crippen molar-refractivity contribution in [2.75, 3.05) is 20.8 Å². The summed E-state index contributed by atoms with van der Waals surface area (Å²) >= 11 is 2.08. The first kappa shape index (κ1) is 19.5. The number of thiazole rings is 1. The van der Waals surface area contributed by atoms with Gasteiger partial charge in [0.1, 0.15) is 11.8 Å².